The number of aromatic nitrogens is 1. The van der Waals surface area contributed by atoms with Gasteiger partial charge in [0, 0.05) is 6.20 Å². The number of nitrogens with zero attached hydrogens (tertiary/aromatic N) is 1. The second kappa shape index (κ2) is 4.09. The van der Waals surface area contributed by atoms with E-state index in [0.29, 0.717) is 6.04 Å². The highest BCUT2D eigenvalue weighted by atomic mass is 14.9. The fourth-order valence-corrected chi connectivity index (χ4v) is 1.89. The predicted octanol–water partition coefficient (Wildman–Crippen LogP) is 2.45. The summed E-state index contributed by atoms with van der Waals surface area (Å²) >= 11 is 0. The Bertz CT molecular complexity index is 305. The molecule has 1 aliphatic rings. The maximum absolute atomic E-state index is 4.46. The first-order chi connectivity index (χ1) is 6.81. The molecular formula is C12H18N2. The van der Waals surface area contributed by atoms with E-state index in [9.17, 15) is 0 Å². The first-order valence-corrected chi connectivity index (χ1v) is 5.47. The molecule has 2 rings (SSSR count). The average molecular weight is 190 g/mol. The molecule has 14 heavy (non-hydrogen) atoms. The minimum absolute atomic E-state index is 0.486. The third kappa shape index (κ3) is 2.13. The van der Waals surface area contributed by atoms with Gasteiger partial charge in [-0.25, -0.2) is 0 Å². The van der Waals surface area contributed by atoms with Crippen molar-refractivity contribution in [2.75, 3.05) is 6.54 Å². The molecule has 0 aromatic carbocycles. The maximum Gasteiger partial charge on any atom is 0.0578 e. The summed E-state index contributed by atoms with van der Waals surface area (Å²) in [4.78, 5) is 4.46. The van der Waals surface area contributed by atoms with Crippen molar-refractivity contribution in [3.8, 4) is 0 Å². The lowest BCUT2D eigenvalue weighted by Gasteiger charge is -2.16. The molecule has 0 spiro atoms. The number of pyridine rings is 1. The summed E-state index contributed by atoms with van der Waals surface area (Å²) in [7, 11) is 0. The molecule has 1 saturated carbocycles. The van der Waals surface area contributed by atoms with Crippen molar-refractivity contribution in [1.82, 2.24) is 10.3 Å². The van der Waals surface area contributed by atoms with Gasteiger partial charge in [-0.3, -0.25) is 4.98 Å². The highest BCUT2D eigenvalue weighted by Gasteiger charge is 2.32. The fraction of sp³-hybridized carbons (Fsp3) is 0.583. The lowest BCUT2D eigenvalue weighted by atomic mass is 10.1. The maximum atomic E-state index is 4.46. The van der Waals surface area contributed by atoms with Crippen LogP contribution in [0, 0.1) is 12.8 Å². The highest BCUT2D eigenvalue weighted by Crippen LogP contribution is 2.40. The lowest BCUT2D eigenvalue weighted by Crippen LogP contribution is -2.23. The van der Waals surface area contributed by atoms with Crippen molar-refractivity contribution in [1.29, 1.82) is 0 Å². The van der Waals surface area contributed by atoms with Gasteiger partial charge in [0.05, 0.1) is 11.7 Å². The zero-order valence-corrected chi connectivity index (χ0v) is 8.96. The topological polar surface area (TPSA) is 24.9 Å². The molecule has 1 N–H and O–H groups in total. The molecule has 0 aliphatic heterocycles. The molecule has 2 heteroatoms. The Morgan fingerprint density at radius 1 is 1.57 bits per heavy atom. The van der Waals surface area contributed by atoms with Gasteiger partial charge in [0.15, 0.2) is 0 Å². The summed E-state index contributed by atoms with van der Waals surface area (Å²) in [6.07, 6.45) is 4.62. The van der Waals surface area contributed by atoms with E-state index in [1.807, 2.05) is 6.20 Å². The molecule has 1 fully saturated rings. The molecule has 0 saturated heterocycles. The van der Waals surface area contributed by atoms with Crippen molar-refractivity contribution in [3.05, 3.63) is 29.6 Å². The second-order valence-electron chi connectivity index (χ2n) is 4.13. The van der Waals surface area contributed by atoms with Crippen LogP contribution in [-0.4, -0.2) is 11.5 Å². The largest absolute Gasteiger partial charge is 0.309 e. The Morgan fingerprint density at radius 3 is 2.93 bits per heavy atom. The SMILES string of the molecule is CCNC(c1cc(C)ccn1)C1CC1. The molecule has 76 valence electrons. The average Bonchev–Trinajstić information content (AvgIpc) is 2.97. The normalized spacial score (nSPS) is 18.1. The van der Waals surface area contributed by atoms with Crippen LogP contribution >= 0.6 is 0 Å². The summed E-state index contributed by atoms with van der Waals surface area (Å²) in [5.41, 5.74) is 2.52. The van der Waals surface area contributed by atoms with Crippen molar-refractivity contribution in [2.24, 2.45) is 5.92 Å². The summed E-state index contributed by atoms with van der Waals surface area (Å²) in [6.45, 7) is 5.31. The summed E-state index contributed by atoms with van der Waals surface area (Å²) < 4.78 is 0. The second-order valence-corrected chi connectivity index (χ2v) is 4.13. The smallest absolute Gasteiger partial charge is 0.0578 e. The number of hydrogen-bond acceptors (Lipinski definition) is 2. The first-order valence-electron chi connectivity index (χ1n) is 5.47. The van der Waals surface area contributed by atoms with E-state index in [4.69, 9.17) is 0 Å². The van der Waals surface area contributed by atoms with Gasteiger partial charge >= 0.3 is 0 Å². The molecular weight excluding hydrogens is 172 g/mol. The Hall–Kier alpha value is -0.890. The van der Waals surface area contributed by atoms with Gasteiger partial charge in [0.2, 0.25) is 0 Å². The van der Waals surface area contributed by atoms with Gasteiger partial charge < -0.3 is 5.32 Å². The molecule has 1 aromatic heterocycles. The molecule has 1 aromatic rings. The number of aryl methyl sites for hydroxylation is 1. The van der Waals surface area contributed by atoms with Crippen LogP contribution < -0.4 is 5.32 Å². The van der Waals surface area contributed by atoms with Gasteiger partial charge in [-0.05, 0) is 49.9 Å². The van der Waals surface area contributed by atoms with Crippen LogP contribution in [-0.2, 0) is 0 Å². The summed E-state index contributed by atoms with van der Waals surface area (Å²) in [5, 5.41) is 3.53. The van der Waals surface area contributed by atoms with Crippen LogP contribution in [0.15, 0.2) is 18.3 Å². The quantitative estimate of drug-likeness (QED) is 0.789. The van der Waals surface area contributed by atoms with Crippen LogP contribution in [0.5, 0.6) is 0 Å². The van der Waals surface area contributed by atoms with E-state index < -0.39 is 0 Å². The van der Waals surface area contributed by atoms with Gasteiger partial charge in [0.25, 0.3) is 0 Å². The van der Waals surface area contributed by atoms with E-state index in [1.165, 1.54) is 24.1 Å². The van der Waals surface area contributed by atoms with Gasteiger partial charge in [-0.15, -0.1) is 0 Å². The number of rotatable bonds is 4. The van der Waals surface area contributed by atoms with E-state index in [0.717, 1.165) is 12.5 Å². The van der Waals surface area contributed by atoms with Crippen LogP contribution in [0.2, 0.25) is 0 Å². The molecule has 1 aliphatic carbocycles. The van der Waals surface area contributed by atoms with Gasteiger partial charge in [0.1, 0.15) is 0 Å². The van der Waals surface area contributed by atoms with Crippen molar-refractivity contribution in [2.45, 2.75) is 32.7 Å². The molecule has 0 radical (unpaired) electrons. The number of nitrogens with one attached hydrogen (secondary N) is 1. The monoisotopic (exact) mass is 190 g/mol. The summed E-state index contributed by atoms with van der Waals surface area (Å²) in [5.74, 6) is 0.823. The lowest BCUT2D eigenvalue weighted by molar-refractivity contribution is 0.484. The first kappa shape index (κ1) is 9.66. The third-order valence-electron chi connectivity index (χ3n) is 2.77. The van der Waals surface area contributed by atoms with E-state index >= 15 is 0 Å². The molecule has 1 atom stereocenters. The van der Waals surface area contributed by atoms with Crippen LogP contribution in [0.4, 0.5) is 0 Å². The molecule has 2 nitrogen and oxygen atoms in total. The fourth-order valence-electron chi connectivity index (χ4n) is 1.89. The molecule has 0 bridgehead atoms. The van der Waals surface area contributed by atoms with Crippen LogP contribution in [0.3, 0.4) is 0 Å². The van der Waals surface area contributed by atoms with Crippen LogP contribution in [0.25, 0.3) is 0 Å². The standard InChI is InChI=1S/C12H18N2/c1-3-13-12(10-4-5-10)11-8-9(2)6-7-14-11/h6-8,10,12-13H,3-5H2,1-2H3. The van der Waals surface area contributed by atoms with E-state index in [1.54, 1.807) is 0 Å². The number of hydrogen-bond donors (Lipinski definition) is 1. The highest BCUT2D eigenvalue weighted by molar-refractivity contribution is 5.19. The minimum Gasteiger partial charge on any atom is -0.309 e. The molecule has 0 amide bonds. The van der Waals surface area contributed by atoms with Crippen LogP contribution in [0.1, 0.15) is 37.1 Å². The zero-order valence-electron chi connectivity index (χ0n) is 8.96. The Labute approximate surface area is 85.7 Å². The van der Waals surface area contributed by atoms with Crippen molar-refractivity contribution in [3.63, 3.8) is 0 Å². The third-order valence-corrected chi connectivity index (χ3v) is 2.77. The Kier molecular flexibility index (Phi) is 2.82. The summed E-state index contributed by atoms with van der Waals surface area (Å²) in [6, 6.07) is 4.74. The van der Waals surface area contributed by atoms with Gasteiger partial charge in [-0.2, -0.15) is 0 Å². The predicted molar refractivity (Wildman–Crippen MR) is 58.1 cm³/mol. The molecule has 1 heterocycles. The zero-order chi connectivity index (χ0) is 9.97. The van der Waals surface area contributed by atoms with Gasteiger partial charge in [-0.1, -0.05) is 6.92 Å². The van der Waals surface area contributed by atoms with E-state index in [2.05, 4.69) is 36.3 Å². The Morgan fingerprint density at radius 2 is 2.36 bits per heavy atom. The van der Waals surface area contributed by atoms with Crippen molar-refractivity contribution >= 4 is 0 Å². The van der Waals surface area contributed by atoms with E-state index in [-0.39, 0.29) is 0 Å². The molecule has 1 unspecified atom stereocenters. The Balaban J connectivity index is 2.16. The van der Waals surface area contributed by atoms with Crippen molar-refractivity contribution < 1.29 is 0 Å². The minimum atomic E-state index is 0.486.